The first-order valence-corrected chi connectivity index (χ1v) is 5.35. The van der Waals surface area contributed by atoms with Crippen LogP contribution in [0.4, 0.5) is 0 Å². The van der Waals surface area contributed by atoms with Crippen LogP contribution in [0.15, 0.2) is 36.7 Å². The predicted molar refractivity (Wildman–Crippen MR) is 64.2 cm³/mol. The molecule has 1 aromatic carbocycles. The van der Waals surface area contributed by atoms with Gasteiger partial charge in [0, 0.05) is 19.4 Å². The number of ketones is 1. The lowest BCUT2D eigenvalue weighted by Crippen LogP contribution is -2.09. The first kappa shape index (κ1) is 11.4. The summed E-state index contributed by atoms with van der Waals surface area (Å²) >= 11 is 0. The third kappa shape index (κ3) is 2.36. The number of Topliss-reactive ketones (excluding diaryl/α,β-unsaturated/α-hetero) is 1. The maximum Gasteiger partial charge on any atom is 0.174 e. The zero-order chi connectivity index (χ0) is 12.3. The van der Waals surface area contributed by atoms with Crippen molar-refractivity contribution >= 4 is 5.78 Å². The fraction of sp³-hybridized carbons (Fsp3) is 0.231. The molecule has 2 aromatic rings. The second-order valence-electron chi connectivity index (χ2n) is 3.75. The van der Waals surface area contributed by atoms with E-state index in [1.807, 2.05) is 29.9 Å². The predicted octanol–water partition coefficient (Wildman–Crippen LogP) is 1.85. The van der Waals surface area contributed by atoms with Crippen LogP contribution in [0.1, 0.15) is 16.2 Å². The lowest BCUT2D eigenvalue weighted by atomic mass is 10.1. The fourth-order valence-corrected chi connectivity index (χ4v) is 1.68. The Morgan fingerprint density at radius 2 is 2.18 bits per heavy atom. The van der Waals surface area contributed by atoms with Crippen LogP contribution in [0.5, 0.6) is 5.75 Å². The number of imidazole rings is 1. The molecule has 0 spiro atoms. The molecule has 17 heavy (non-hydrogen) atoms. The van der Waals surface area contributed by atoms with Crippen LogP contribution in [0.2, 0.25) is 0 Å². The SMILES string of the molecule is COc1ccccc1C(=O)Cc1nccn1C. The van der Waals surface area contributed by atoms with E-state index in [0.29, 0.717) is 11.3 Å². The summed E-state index contributed by atoms with van der Waals surface area (Å²) in [6, 6.07) is 7.22. The van der Waals surface area contributed by atoms with Gasteiger partial charge in [-0.2, -0.15) is 0 Å². The maximum atomic E-state index is 12.1. The summed E-state index contributed by atoms with van der Waals surface area (Å²) in [5.74, 6) is 1.37. The minimum absolute atomic E-state index is 0.0109. The average molecular weight is 230 g/mol. The van der Waals surface area contributed by atoms with Crippen molar-refractivity contribution in [3.05, 3.63) is 48.0 Å². The van der Waals surface area contributed by atoms with Crippen LogP contribution in [-0.4, -0.2) is 22.4 Å². The maximum absolute atomic E-state index is 12.1. The number of nitrogens with zero attached hydrogens (tertiary/aromatic N) is 2. The number of benzene rings is 1. The van der Waals surface area contributed by atoms with E-state index in [-0.39, 0.29) is 12.2 Å². The van der Waals surface area contributed by atoms with Crippen molar-refractivity contribution in [1.29, 1.82) is 0 Å². The zero-order valence-electron chi connectivity index (χ0n) is 9.88. The van der Waals surface area contributed by atoms with Crippen LogP contribution < -0.4 is 4.74 Å². The van der Waals surface area contributed by atoms with E-state index in [9.17, 15) is 4.79 Å². The summed E-state index contributed by atoms with van der Waals surface area (Å²) in [5.41, 5.74) is 0.595. The highest BCUT2D eigenvalue weighted by atomic mass is 16.5. The van der Waals surface area contributed by atoms with E-state index in [1.54, 1.807) is 25.4 Å². The van der Waals surface area contributed by atoms with Crippen molar-refractivity contribution in [1.82, 2.24) is 9.55 Å². The molecular weight excluding hydrogens is 216 g/mol. The van der Waals surface area contributed by atoms with Gasteiger partial charge in [-0.25, -0.2) is 4.98 Å². The Morgan fingerprint density at radius 1 is 1.41 bits per heavy atom. The molecule has 0 saturated carbocycles. The summed E-state index contributed by atoms with van der Waals surface area (Å²) in [4.78, 5) is 16.2. The lowest BCUT2D eigenvalue weighted by Gasteiger charge is -2.07. The van der Waals surface area contributed by atoms with Crippen LogP contribution in [0, 0.1) is 0 Å². The van der Waals surface area contributed by atoms with Gasteiger partial charge < -0.3 is 9.30 Å². The van der Waals surface area contributed by atoms with Gasteiger partial charge in [-0.15, -0.1) is 0 Å². The molecule has 0 aliphatic carbocycles. The van der Waals surface area contributed by atoms with E-state index in [1.165, 1.54) is 0 Å². The molecular formula is C13H14N2O2. The summed E-state index contributed by atoms with van der Waals surface area (Å²) in [6.45, 7) is 0. The van der Waals surface area contributed by atoms with Crippen molar-refractivity contribution in [3.8, 4) is 5.75 Å². The third-order valence-corrected chi connectivity index (χ3v) is 2.65. The molecule has 1 heterocycles. The van der Waals surface area contributed by atoms with Crippen molar-refractivity contribution in [3.63, 3.8) is 0 Å². The summed E-state index contributed by atoms with van der Waals surface area (Å²) in [5, 5.41) is 0. The monoisotopic (exact) mass is 230 g/mol. The Bertz CT molecular complexity index is 532. The first-order chi connectivity index (χ1) is 8.22. The number of aryl methyl sites for hydroxylation is 1. The third-order valence-electron chi connectivity index (χ3n) is 2.65. The fourth-order valence-electron chi connectivity index (χ4n) is 1.68. The largest absolute Gasteiger partial charge is 0.496 e. The number of carbonyl (C=O) groups excluding carboxylic acids is 1. The Balaban J connectivity index is 2.23. The molecule has 1 aromatic heterocycles. The van der Waals surface area contributed by atoms with Crippen molar-refractivity contribution in [2.45, 2.75) is 6.42 Å². The van der Waals surface area contributed by atoms with Crippen LogP contribution in [0.25, 0.3) is 0 Å². The number of hydrogen-bond donors (Lipinski definition) is 0. The summed E-state index contributed by atoms with van der Waals surface area (Å²) < 4.78 is 7.01. The zero-order valence-corrected chi connectivity index (χ0v) is 9.88. The number of para-hydroxylation sites is 1. The quantitative estimate of drug-likeness (QED) is 0.753. The highest BCUT2D eigenvalue weighted by molar-refractivity contribution is 5.99. The molecule has 0 fully saturated rings. The van der Waals surface area contributed by atoms with Gasteiger partial charge in [-0.1, -0.05) is 12.1 Å². The number of carbonyl (C=O) groups is 1. The molecule has 0 amide bonds. The minimum Gasteiger partial charge on any atom is -0.496 e. The van der Waals surface area contributed by atoms with E-state index in [0.717, 1.165) is 5.82 Å². The van der Waals surface area contributed by atoms with Gasteiger partial charge in [0.15, 0.2) is 5.78 Å². The molecule has 0 atom stereocenters. The molecule has 0 radical (unpaired) electrons. The highest BCUT2D eigenvalue weighted by Crippen LogP contribution is 2.19. The number of rotatable bonds is 4. The molecule has 0 unspecified atom stereocenters. The van der Waals surface area contributed by atoms with Gasteiger partial charge in [-0.3, -0.25) is 4.79 Å². The molecule has 2 rings (SSSR count). The molecule has 4 heteroatoms. The van der Waals surface area contributed by atoms with Crippen LogP contribution in [0.3, 0.4) is 0 Å². The minimum atomic E-state index is 0.0109. The number of ether oxygens (including phenoxy) is 1. The van der Waals surface area contributed by atoms with Gasteiger partial charge in [0.2, 0.25) is 0 Å². The van der Waals surface area contributed by atoms with Crippen LogP contribution in [-0.2, 0) is 13.5 Å². The Kier molecular flexibility index (Phi) is 3.23. The van der Waals surface area contributed by atoms with Gasteiger partial charge in [0.25, 0.3) is 0 Å². The average Bonchev–Trinajstić information content (AvgIpc) is 2.75. The van der Waals surface area contributed by atoms with Gasteiger partial charge in [0.05, 0.1) is 19.1 Å². The number of aromatic nitrogens is 2. The standard InChI is InChI=1S/C13H14N2O2/c1-15-8-7-14-13(15)9-11(16)10-5-3-4-6-12(10)17-2/h3-8H,9H2,1-2H3. The lowest BCUT2D eigenvalue weighted by molar-refractivity contribution is 0.0987. The molecule has 0 saturated heterocycles. The van der Waals surface area contributed by atoms with Crippen molar-refractivity contribution < 1.29 is 9.53 Å². The second kappa shape index (κ2) is 4.82. The molecule has 0 N–H and O–H groups in total. The van der Waals surface area contributed by atoms with Crippen molar-refractivity contribution in [2.24, 2.45) is 7.05 Å². The first-order valence-electron chi connectivity index (χ1n) is 5.35. The molecule has 88 valence electrons. The molecule has 0 aliphatic rings. The topological polar surface area (TPSA) is 44.1 Å². The summed E-state index contributed by atoms with van der Waals surface area (Å²) in [7, 11) is 3.44. The van der Waals surface area contributed by atoms with E-state index >= 15 is 0 Å². The smallest absolute Gasteiger partial charge is 0.174 e. The Labute approximate surface area is 99.9 Å². The van der Waals surface area contributed by atoms with Crippen molar-refractivity contribution in [2.75, 3.05) is 7.11 Å². The highest BCUT2D eigenvalue weighted by Gasteiger charge is 2.13. The normalized spacial score (nSPS) is 10.2. The van der Waals surface area contributed by atoms with E-state index in [4.69, 9.17) is 4.74 Å². The Hall–Kier alpha value is -2.10. The van der Waals surface area contributed by atoms with Gasteiger partial charge >= 0.3 is 0 Å². The Morgan fingerprint density at radius 3 is 2.82 bits per heavy atom. The van der Waals surface area contributed by atoms with E-state index in [2.05, 4.69) is 4.98 Å². The van der Waals surface area contributed by atoms with Crippen LogP contribution >= 0.6 is 0 Å². The number of methoxy groups -OCH3 is 1. The second-order valence-corrected chi connectivity index (χ2v) is 3.75. The van der Waals surface area contributed by atoms with Gasteiger partial charge in [-0.05, 0) is 12.1 Å². The van der Waals surface area contributed by atoms with E-state index < -0.39 is 0 Å². The molecule has 4 nitrogen and oxygen atoms in total. The number of hydrogen-bond acceptors (Lipinski definition) is 3. The molecule has 0 bridgehead atoms. The van der Waals surface area contributed by atoms with Gasteiger partial charge in [0.1, 0.15) is 11.6 Å². The summed E-state index contributed by atoms with van der Waals surface area (Å²) in [6.07, 6.45) is 3.79. The molecule has 0 aliphatic heterocycles.